The first-order valence-electron chi connectivity index (χ1n) is 13.1. The standard InChI is InChI=1S/C31H33N5O/c1-23(29-10-4-7-26-6-2-3-9-30(26)29)35-17-5-8-27(21-35)31(37)34-16-15-28-19-33-22-36(28)20-25-13-11-24(18-32)12-14-25/h2-4,6-7,9-14,19,22-23,27H,5,8,15-17,20-21H2,1H3,(H,34,37). The number of carbonyl (C=O) groups is 1. The Bertz CT molecular complexity index is 1400. The molecule has 6 nitrogen and oxygen atoms in total. The lowest BCUT2D eigenvalue weighted by molar-refractivity contribution is -0.126. The van der Waals surface area contributed by atoms with E-state index in [0.29, 0.717) is 18.7 Å². The minimum Gasteiger partial charge on any atom is -0.355 e. The van der Waals surface area contributed by atoms with Crippen molar-refractivity contribution in [2.24, 2.45) is 5.92 Å². The van der Waals surface area contributed by atoms with E-state index in [4.69, 9.17) is 5.26 Å². The van der Waals surface area contributed by atoms with Gasteiger partial charge in [-0.2, -0.15) is 5.26 Å². The normalized spacial score (nSPS) is 16.8. The summed E-state index contributed by atoms with van der Waals surface area (Å²) in [6.07, 6.45) is 6.38. The first-order valence-corrected chi connectivity index (χ1v) is 13.1. The van der Waals surface area contributed by atoms with Crippen molar-refractivity contribution in [2.75, 3.05) is 19.6 Å². The molecule has 0 saturated carbocycles. The number of aromatic nitrogens is 2. The number of carbonyl (C=O) groups excluding carboxylic acids is 1. The van der Waals surface area contributed by atoms with Crippen LogP contribution in [0.4, 0.5) is 0 Å². The third-order valence-electron chi connectivity index (χ3n) is 7.56. The SMILES string of the molecule is CC(c1cccc2ccccc12)N1CCCC(C(=O)NCCc2cncn2Cc2ccc(C#N)cc2)C1. The van der Waals surface area contributed by atoms with Crippen LogP contribution in [0, 0.1) is 17.2 Å². The molecule has 1 N–H and O–H groups in total. The number of hydrogen-bond acceptors (Lipinski definition) is 4. The van der Waals surface area contributed by atoms with E-state index in [1.165, 1.54) is 16.3 Å². The van der Waals surface area contributed by atoms with Crippen molar-refractivity contribution in [2.45, 2.75) is 38.8 Å². The average molecular weight is 492 g/mol. The van der Waals surface area contributed by atoms with E-state index in [9.17, 15) is 4.79 Å². The lowest BCUT2D eigenvalue weighted by Crippen LogP contribution is -2.44. The van der Waals surface area contributed by atoms with Crippen molar-refractivity contribution in [3.8, 4) is 6.07 Å². The molecule has 1 aliphatic heterocycles. The number of fused-ring (bicyclic) bond motifs is 1. The van der Waals surface area contributed by atoms with Gasteiger partial charge in [-0.25, -0.2) is 4.98 Å². The number of hydrogen-bond donors (Lipinski definition) is 1. The molecule has 37 heavy (non-hydrogen) atoms. The fourth-order valence-electron chi connectivity index (χ4n) is 5.42. The van der Waals surface area contributed by atoms with Gasteiger partial charge in [0.15, 0.2) is 0 Å². The molecule has 3 aromatic carbocycles. The van der Waals surface area contributed by atoms with Crippen molar-refractivity contribution in [3.63, 3.8) is 0 Å². The molecule has 2 heterocycles. The molecule has 4 aromatic rings. The van der Waals surface area contributed by atoms with Crippen molar-refractivity contribution in [1.29, 1.82) is 5.26 Å². The highest BCUT2D eigenvalue weighted by Crippen LogP contribution is 2.31. The third kappa shape index (κ3) is 5.73. The van der Waals surface area contributed by atoms with Gasteiger partial charge in [-0.1, -0.05) is 54.6 Å². The number of rotatable bonds is 8. The second-order valence-electron chi connectivity index (χ2n) is 9.94. The van der Waals surface area contributed by atoms with Crippen LogP contribution in [0.25, 0.3) is 10.8 Å². The van der Waals surface area contributed by atoms with Crippen LogP contribution < -0.4 is 5.32 Å². The number of amides is 1. The van der Waals surface area contributed by atoms with Crippen LogP contribution in [0.1, 0.15) is 48.2 Å². The second kappa shape index (κ2) is 11.4. The van der Waals surface area contributed by atoms with E-state index >= 15 is 0 Å². The monoisotopic (exact) mass is 491 g/mol. The van der Waals surface area contributed by atoms with Gasteiger partial charge in [-0.3, -0.25) is 9.69 Å². The number of piperidine rings is 1. The Balaban J connectivity index is 1.16. The van der Waals surface area contributed by atoms with Crippen molar-refractivity contribution in [3.05, 3.63) is 102 Å². The van der Waals surface area contributed by atoms with Gasteiger partial charge < -0.3 is 9.88 Å². The third-order valence-corrected chi connectivity index (χ3v) is 7.56. The van der Waals surface area contributed by atoms with Crippen LogP contribution in [0.2, 0.25) is 0 Å². The minimum absolute atomic E-state index is 0.00901. The van der Waals surface area contributed by atoms with E-state index < -0.39 is 0 Å². The molecule has 0 radical (unpaired) electrons. The highest BCUT2D eigenvalue weighted by Gasteiger charge is 2.29. The second-order valence-corrected chi connectivity index (χ2v) is 9.94. The van der Waals surface area contributed by atoms with E-state index in [1.54, 1.807) is 0 Å². The van der Waals surface area contributed by atoms with Crippen molar-refractivity contribution < 1.29 is 4.79 Å². The van der Waals surface area contributed by atoms with Crippen LogP contribution in [0.3, 0.4) is 0 Å². The fourth-order valence-corrected chi connectivity index (χ4v) is 5.42. The summed E-state index contributed by atoms with van der Waals surface area (Å²) in [7, 11) is 0. The summed E-state index contributed by atoms with van der Waals surface area (Å²) in [5.74, 6) is 0.155. The van der Waals surface area contributed by atoms with E-state index in [0.717, 1.165) is 43.6 Å². The van der Waals surface area contributed by atoms with Crippen LogP contribution in [0.15, 0.2) is 79.3 Å². The highest BCUT2D eigenvalue weighted by molar-refractivity contribution is 5.86. The predicted octanol–water partition coefficient (Wildman–Crippen LogP) is 5.09. The highest BCUT2D eigenvalue weighted by atomic mass is 16.1. The molecule has 2 atom stereocenters. The van der Waals surface area contributed by atoms with E-state index in [-0.39, 0.29) is 17.9 Å². The quantitative estimate of drug-likeness (QED) is 0.373. The van der Waals surface area contributed by atoms with Crippen molar-refractivity contribution in [1.82, 2.24) is 19.8 Å². The van der Waals surface area contributed by atoms with Gasteiger partial charge in [0.2, 0.25) is 5.91 Å². The summed E-state index contributed by atoms with van der Waals surface area (Å²) in [4.78, 5) is 19.9. The topological polar surface area (TPSA) is 74.0 Å². The van der Waals surface area contributed by atoms with Gasteiger partial charge in [0.05, 0.1) is 23.9 Å². The lowest BCUT2D eigenvalue weighted by atomic mass is 9.93. The Kier molecular flexibility index (Phi) is 7.62. The summed E-state index contributed by atoms with van der Waals surface area (Å²) in [5, 5.41) is 14.7. The molecule has 1 saturated heterocycles. The molecule has 1 aliphatic rings. The maximum atomic E-state index is 13.1. The molecule has 1 aromatic heterocycles. The van der Waals surface area contributed by atoms with Gasteiger partial charge in [-0.05, 0) is 60.3 Å². The minimum atomic E-state index is 0.00901. The summed E-state index contributed by atoms with van der Waals surface area (Å²) in [6, 6.07) is 25.1. The Morgan fingerprint density at radius 3 is 2.78 bits per heavy atom. The predicted molar refractivity (Wildman–Crippen MR) is 146 cm³/mol. The average Bonchev–Trinajstić information content (AvgIpc) is 3.39. The summed E-state index contributed by atoms with van der Waals surface area (Å²) in [6.45, 7) is 5.35. The van der Waals surface area contributed by atoms with Gasteiger partial charge >= 0.3 is 0 Å². The van der Waals surface area contributed by atoms with Crippen LogP contribution >= 0.6 is 0 Å². The smallest absolute Gasteiger partial charge is 0.224 e. The van der Waals surface area contributed by atoms with Crippen LogP contribution in [-0.4, -0.2) is 40.0 Å². The molecule has 5 rings (SSSR count). The zero-order chi connectivity index (χ0) is 25.6. The van der Waals surface area contributed by atoms with Gasteiger partial charge in [0, 0.05) is 44.0 Å². The largest absolute Gasteiger partial charge is 0.355 e. The molecule has 6 heteroatoms. The Morgan fingerprint density at radius 2 is 1.95 bits per heavy atom. The molecule has 0 spiro atoms. The number of nitrogens with one attached hydrogen (secondary N) is 1. The fraction of sp³-hybridized carbons (Fsp3) is 0.323. The number of nitriles is 1. The first kappa shape index (κ1) is 24.7. The molecule has 2 unspecified atom stereocenters. The maximum Gasteiger partial charge on any atom is 0.224 e. The number of benzene rings is 3. The molecular weight excluding hydrogens is 458 g/mol. The summed E-state index contributed by atoms with van der Waals surface area (Å²) < 4.78 is 2.10. The molecule has 0 bridgehead atoms. The summed E-state index contributed by atoms with van der Waals surface area (Å²) in [5.41, 5.74) is 4.18. The molecule has 1 amide bonds. The molecule has 1 fully saturated rings. The molecule has 188 valence electrons. The maximum absolute atomic E-state index is 13.1. The first-order chi connectivity index (χ1) is 18.1. The van der Waals surface area contributed by atoms with Gasteiger partial charge in [0.1, 0.15) is 0 Å². The molecular formula is C31H33N5O. The molecule has 0 aliphatic carbocycles. The van der Waals surface area contributed by atoms with E-state index in [1.807, 2.05) is 36.8 Å². The number of imidazole rings is 1. The number of likely N-dealkylation sites (tertiary alicyclic amines) is 1. The zero-order valence-electron chi connectivity index (χ0n) is 21.3. The van der Waals surface area contributed by atoms with E-state index in [2.05, 4.69) is 75.2 Å². The van der Waals surface area contributed by atoms with Gasteiger partial charge in [0.25, 0.3) is 0 Å². The van der Waals surface area contributed by atoms with Crippen LogP contribution in [-0.2, 0) is 17.8 Å². The van der Waals surface area contributed by atoms with Crippen LogP contribution in [0.5, 0.6) is 0 Å². The summed E-state index contributed by atoms with van der Waals surface area (Å²) >= 11 is 0. The Morgan fingerprint density at radius 1 is 1.14 bits per heavy atom. The van der Waals surface area contributed by atoms with Crippen molar-refractivity contribution >= 4 is 16.7 Å². The Hall–Kier alpha value is -3.95. The zero-order valence-corrected chi connectivity index (χ0v) is 21.3. The Labute approximate surface area is 218 Å². The lowest BCUT2D eigenvalue weighted by Gasteiger charge is -2.36. The number of nitrogens with zero attached hydrogens (tertiary/aromatic N) is 4. The van der Waals surface area contributed by atoms with Gasteiger partial charge in [-0.15, -0.1) is 0 Å².